The molecular weight excluding hydrogens is 410 g/mol. The van der Waals surface area contributed by atoms with Crippen molar-refractivity contribution in [2.75, 3.05) is 39.4 Å². The van der Waals surface area contributed by atoms with Crippen LogP contribution in [0.5, 0.6) is 0 Å². The van der Waals surface area contributed by atoms with Crippen molar-refractivity contribution in [3.05, 3.63) is 39.9 Å². The SMILES string of the molecule is Cc1nc(-c2ccc(Cl)cc2)sc1C(=O)N1CCCC(C(=O)N2CCOCC2)C1. The van der Waals surface area contributed by atoms with Gasteiger partial charge < -0.3 is 14.5 Å². The van der Waals surface area contributed by atoms with Crippen LogP contribution in [0.1, 0.15) is 28.2 Å². The highest BCUT2D eigenvalue weighted by Crippen LogP contribution is 2.31. The summed E-state index contributed by atoms with van der Waals surface area (Å²) in [5.74, 6) is -0.0110. The van der Waals surface area contributed by atoms with Crippen molar-refractivity contribution < 1.29 is 14.3 Å². The molecule has 1 aromatic heterocycles. The Morgan fingerprint density at radius 1 is 1.14 bits per heavy atom. The van der Waals surface area contributed by atoms with Gasteiger partial charge in [0, 0.05) is 36.8 Å². The van der Waals surface area contributed by atoms with Crippen LogP contribution < -0.4 is 0 Å². The Hall–Kier alpha value is -1.96. The van der Waals surface area contributed by atoms with E-state index in [4.69, 9.17) is 16.3 Å². The van der Waals surface area contributed by atoms with Crippen LogP contribution in [0.15, 0.2) is 24.3 Å². The fourth-order valence-electron chi connectivity index (χ4n) is 3.86. The summed E-state index contributed by atoms with van der Waals surface area (Å²) in [4.78, 5) is 35.0. The third-order valence-electron chi connectivity index (χ3n) is 5.46. The minimum Gasteiger partial charge on any atom is -0.378 e. The summed E-state index contributed by atoms with van der Waals surface area (Å²) in [6.07, 6.45) is 1.67. The van der Waals surface area contributed by atoms with Gasteiger partial charge in [0.2, 0.25) is 5.91 Å². The number of carbonyl (C=O) groups excluding carboxylic acids is 2. The van der Waals surface area contributed by atoms with E-state index < -0.39 is 0 Å². The lowest BCUT2D eigenvalue weighted by Gasteiger charge is -2.36. The second-order valence-corrected chi connectivity index (χ2v) is 8.90. The maximum atomic E-state index is 13.2. The normalized spacial score (nSPS) is 20.0. The Labute approximate surface area is 179 Å². The third-order valence-corrected chi connectivity index (χ3v) is 6.91. The minimum atomic E-state index is -0.130. The maximum Gasteiger partial charge on any atom is 0.265 e. The number of benzene rings is 1. The quantitative estimate of drug-likeness (QED) is 0.743. The second-order valence-electron chi connectivity index (χ2n) is 7.47. The van der Waals surface area contributed by atoms with Crippen LogP contribution in [0.25, 0.3) is 10.6 Å². The smallest absolute Gasteiger partial charge is 0.265 e. The number of aromatic nitrogens is 1. The molecule has 0 radical (unpaired) electrons. The van der Waals surface area contributed by atoms with Gasteiger partial charge in [0.05, 0.1) is 24.8 Å². The second kappa shape index (κ2) is 8.81. The van der Waals surface area contributed by atoms with Gasteiger partial charge in [-0.2, -0.15) is 0 Å². The molecule has 6 nitrogen and oxygen atoms in total. The number of halogens is 1. The maximum absolute atomic E-state index is 13.2. The van der Waals surface area contributed by atoms with Crippen molar-refractivity contribution in [3.8, 4) is 10.6 Å². The van der Waals surface area contributed by atoms with E-state index in [9.17, 15) is 9.59 Å². The van der Waals surface area contributed by atoms with E-state index in [1.54, 1.807) is 0 Å². The van der Waals surface area contributed by atoms with Crippen molar-refractivity contribution in [3.63, 3.8) is 0 Å². The van der Waals surface area contributed by atoms with Crippen molar-refractivity contribution in [1.29, 1.82) is 0 Å². The van der Waals surface area contributed by atoms with Crippen molar-refractivity contribution in [1.82, 2.24) is 14.8 Å². The Balaban J connectivity index is 1.47. The van der Waals surface area contributed by atoms with E-state index in [-0.39, 0.29) is 17.7 Å². The van der Waals surface area contributed by atoms with Gasteiger partial charge in [-0.05, 0) is 31.9 Å². The molecule has 2 aromatic rings. The summed E-state index contributed by atoms with van der Waals surface area (Å²) in [6, 6.07) is 7.46. The van der Waals surface area contributed by atoms with E-state index >= 15 is 0 Å². The predicted molar refractivity (Wildman–Crippen MR) is 113 cm³/mol. The first kappa shape index (κ1) is 20.3. The summed E-state index contributed by atoms with van der Waals surface area (Å²) in [5.41, 5.74) is 1.67. The number of thiazole rings is 1. The number of morpholine rings is 1. The Morgan fingerprint density at radius 2 is 1.86 bits per heavy atom. The van der Waals surface area contributed by atoms with Crippen LogP contribution in [0.4, 0.5) is 0 Å². The molecule has 0 aliphatic carbocycles. The van der Waals surface area contributed by atoms with Crippen LogP contribution in [0.3, 0.4) is 0 Å². The van der Waals surface area contributed by atoms with Gasteiger partial charge in [-0.15, -0.1) is 11.3 Å². The van der Waals surface area contributed by atoms with Crippen LogP contribution in [-0.2, 0) is 9.53 Å². The molecule has 4 rings (SSSR count). The van der Waals surface area contributed by atoms with Gasteiger partial charge in [-0.25, -0.2) is 4.98 Å². The van der Waals surface area contributed by atoms with Gasteiger partial charge in [-0.1, -0.05) is 23.7 Å². The molecule has 1 atom stereocenters. The fraction of sp³-hybridized carbons (Fsp3) is 0.476. The van der Waals surface area contributed by atoms with E-state index in [1.165, 1.54) is 11.3 Å². The number of nitrogens with zero attached hydrogens (tertiary/aromatic N) is 3. The van der Waals surface area contributed by atoms with Gasteiger partial charge in [0.15, 0.2) is 0 Å². The molecule has 2 saturated heterocycles. The van der Waals surface area contributed by atoms with E-state index in [0.29, 0.717) is 49.3 Å². The largest absolute Gasteiger partial charge is 0.378 e. The first-order valence-corrected chi connectivity index (χ1v) is 11.1. The molecule has 154 valence electrons. The number of amides is 2. The highest BCUT2D eigenvalue weighted by molar-refractivity contribution is 7.17. The molecule has 2 amide bonds. The number of hydrogen-bond acceptors (Lipinski definition) is 5. The fourth-order valence-corrected chi connectivity index (χ4v) is 5.03. The number of piperidine rings is 1. The van der Waals surface area contributed by atoms with Crippen molar-refractivity contribution in [2.45, 2.75) is 19.8 Å². The molecule has 2 fully saturated rings. The lowest BCUT2D eigenvalue weighted by molar-refractivity contribution is -0.141. The lowest BCUT2D eigenvalue weighted by Crippen LogP contribution is -2.49. The molecule has 2 aliphatic heterocycles. The Morgan fingerprint density at radius 3 is 2.59 bits per heavy atom. The highest BCUT2D eigenvalue weighted by Gasteiger charge is 2.33. The molecule has 0 saturated carbocycles. The standard InChI is InChI=1S/C21H24ClN3O3S/c1-14-18(29-19(23-14)15-4-6-17(22)7-5-15)21(27)25-8-2-3-16(13-25)20(26)24-9-11-28-12-10-24/h4-7,16H,2-3,8-13H2,1H3. The summed E-state index contributed by atoms with van der Waals surface area (Å²) in [6.45, 7) is 5.48. The zero-order chi connectivity index (χ0) is 20.4. The Bertz CT molecular complexity index is 893. The molecule has 8 heteroatoms. The monoisotopic (exact) mass is 433 g/mol. The highest BCUT2D eigenvalue weighted by atomic mass is 35.5. The number of rotatable bonds is 3. The first-order chi connectivity index (χ1) is 14.0. The molecule has 29 heavy (non-hydrogen) atoms. The molecule has 1 unspecified atom stereocenters. The summed E-state index contributed by atoms with van der Waals surface area (Å²) in [5, 5.41) is 1.48. The van der Waals surface area contributed by atoms with Crippen molar-refractivity contribution >= 4 is 34.8 Å². The van der Waals surface area contributed by atoms with E-state index in [0.717, 1.165) is 29.1 Å². The zero-order valence-corrected chi connectivity index (χ0v) is 18.0. The summed E-state index contributed by atoms with van der Waals surface area (Å²) < 4.78 is 5.34. The van der Waals surface area contributed by atoms with Gasteiger partial charge in [-0.3, -0.25) is 9.59 Å². The van der Waals surface area contributed by atoms with E-state index in [2.05, 4.69) is 4.98 Å². The van der Waals surface area contributed by atoms with Crippen LogP contribution in [0.2, 0.25) is 5.02 Å². The number of ether oxygens (including phenoxy) is 1. The molecule has 3 heterocycles. The molecular formula is C21H24ClN3O3S. The first-order valence-electron chi connectivity index (χ1n) is 9.92. The van der Waals surface area contributed by atoms with Crippen LogP contribution in [-0.4, -0.2) is 66.0 Å². The molecule has 2 aliphatic rings. The van der Waals surface area contributed by atoms with Gasteiger partial charge in [0.1, 0.15) is 9.88 Å². The summed E-state index contributed by atoms with van der Waals surface area (Å²) in [7, 11) is 0. The third kappa shape index (κ3) is 4.47. The average Bonchev–Trinajstić information content (AvgIpc) is 3.15. The Kier molecular flexibility index (Phi) is 6.18. The average molecular weight is 434 g/mol. The minimum absolute atomic E-state index is 0.0281. The molecule has 0 spiro atoms. The molecule has 0 bridgehead atoms. The van der Waals surface area contributed by atoms with Crippen molar-refractivity contribution in [2.24, 2.45) is 5.92 Å². The summed E-state index contributed by atoms with van der Waals surface area (Å²) >= 11 is 7.37. The number of likely N-dealkylation sites (tertiary alicyclic amines) is 1. The lowest BCUT2D eigenvalue weighted by atomic mass is 9.96. The number of hydrogen-bond donors (Lipinski definition) is 0. The number of carbonyl (C=O) groups is 2. The van der Waals surface area contributed by atoms with Crippen LogP contribution in [0, 0.1) is 12.8 Å². The molecule has 0 N–H and O–H groups in total. The van der Waals surface area contributed by atoms with Gasteiger partial charge in [0.25, 0.3) is 5.91 Å². The number of aryl methyl sites for hydroxylation is 1. The van der Waals surface area contributed by atoms with E-state index in [1.807, 2.05) is 41.0 Å². The zero-order valence-electron chi connectivity index (χ0n) is 16.4. The van der Waals surface area contributed by atoms with Gasteiger partial charge >= 0.3 is 0 Å². The predicted octanol–water partition coefficient (Wildman–Crippen LogP) is 3.48. The van der Waals surface area contributed by atoms with Crippen LogP contribution >= 0.6 is 22.9 Å². The topological polar surface area (TPSA) is 62.7 Å². The molecule has 1 aromatic carbocycles.